The monoisotopic (exact) mass is 384 g/mol. The predicted molar refractivity (Wildman–Crippen MR) is 96.4 cm³/mol. The molecule has 1 aromatic heterocycles. The summed E-state index contributed by atoms with van der Waals surface area (Å²) in [5, 5.41) is 7.09. The first-order valence-electron chi connectivity index (χ1n) is 10.1. The van der Waals surface area contributed by atoms with Gasteiger partial charge in [-0.2, -0.15) is 4.98 Å². The molecule has 8 nitrogen and oxygen atoms in total. The Morgan fingerprint density at radius 1 is 1.18 bits per heavy atom. The lowest BCUT2D eigenvalue weighted by molar-refractivity contribution is -0.145. The molecule has 3 aliphatic carbocycles. The number of amides is 3. The standard InChI is InChI=1S/C20H24N4O4/c1-11-21-19(23-28-11)20(7-3-2-4-8-20)22-14(25)10-24-17(26)15-12-5-6-13(9-12)16(15)18(24)27/h5-6,12-13,15-16H,2-4,7-10H2,1H3,(H,22,25)/t12-,13-,15-,16+/m0/s1. The number of aryl methyl sites for hydroxylation is 1. The Labute approximate surface area is 162 Å². The minimum Gasteiger partial charge on any atom is -0.342 e. The molecule has 0 aromatic carbocycles. The van der Waals surface area contributed by atoms with Crippen molar-refractivity contribution in [2.24, 2.45) is 23.7 Å². The third-order valence-corrected chi connectivity index (χ3v) is 6.90. The number of carbonyl (C=O) groups is 3. The zero-order chi connectivity index (χ0) is 19.5. The zero-order valence-corrected chi connectivity index (χ0v) is 15.9. The fourth-order valence-corrected chi connectivity index (χ4v) is 5.62. The van der Waals surface area contributed by atoms with Crippen LogP contribution in [-0.2, 0) is 19.9 Å². The van der Waals surface area contributed by atoms with Crippen molar-refractivity contribution in [3.63, 3.8) is 0 Å². The molecule has 1 aliphatic heterocycles. The molecule has 2 bridgehead atoms. The molecule has 3 amide bonds. The Kier molecular flexibility index (Phi) is 3.93. The molecule has 5 rings (SSSR count). The van der Waals surface area contributed by atoms with Gasteiger partial charge >= 0.3 is 0 Å². The molecule has 4 atom stereocenters. The molecule has 148 valence electrons. The van der Waals surface area contributed by atoms with Crippen LogP contribution in [0.1, 0.15) is 50.2 Å². The van der Waals surface area contributed by atoms with Crippen LogP contribution in [0.2, 0.25) is 0 Å². The summed E-state index contributed by atoms with van der Waals surface area (Å²) in [6.07, 6.45) is 9.43. The van der Waals surface area contributed by atoms with Crippen LogP contribution < -0.4 is 5.32 Å². The predicted octanol–water partition coefficient (Wildman–Crippen LogP) is 1.46. The lowest BCUT2D eigenvalue weighted by atomic mass is 9.81. The van der Waals surface area contributed by atoms with Crippen molar-refractivity contribution in [1.29, 1.82) is 0 Å². The number of hydrogen-bond donors (Lipinski definition) is 1. The Bertz CT molecular complexity index is 839. The van der Waals surface area contributed by atoms with Gasteiger partial charge in [-0.25, -0.2) is 0 Å². The highest BCUT2D eigenvalue weighted by Crippen LogP contribution is 2.52. The van der Waals surface area contributed by atoms with E-state index in [0.717, 1.165) is 43.4 Å². The van der Waals surface area contributed by atoms with Crippen molar-refractivity contribution >= 4 is 17.7 Å². The van der Waals surface area contributed by atoms with Crippen LogP contribution in [0.25, 0.3) is 0 Å². The van der Waals surface area contributed by atoms with Crippen LogP contribution in [0, 0.1) is 30.6 Å². The van der Waals surface area contributed by atoms with Crippen LogP contribution in [-0.4, -0.2) is 39.3 Å². The molecule has 4 aliphatic rings. The minimum absolute atomic E-state index is 0.145. The van der Waals surface area contributed by atoms with Crippen LogP contribution in [0.5, 0.6) is 0 Å². The van der Waals surface area contributed by atoms with Gasteiger partial charge in [-0.05, 0) is 31.1 Å². The number of nitrogens with zero attached hydrogens (tertiary/aromatic N) is 3. The Morgan fingerprint density at radius 3 is 2.39 bits per heavy atom. The summed E-state index contributed by atoms with van der Waals surface area (Å²) in [7, 11) is 0. The number of aromatic nitrogens is 2. The van der Waals surface area contributed by atoms with Gasteiger partial charge in [0, 0.05) is 6.92 Å². The fourth-order valence-electron chi connectivity index (χ4n) is 5.62. The summed E-state index contributed by atoms with van der Waals surface area (Å²) in [6.45, 7) is 1.49. The van der Waals surface area contributed by atoms with E-state index in [1.165, 1.54) is 0 Å². The first-order chi connectivity index (χ1) is 13.5. The second-order valence-electron chi connectivity index (χ2n) is 8.59. The molecule has 3 fully saturated rings. The van der Waals surface area contributed by atoms with Gasteiger partial charge in [0.15, 0.2) is 5.82 Å². The van der Waals surface area contributed by atoms with Crippen molar-refractivity contribution < 1.29 is 18.9 Å². The van der Waals surface area contributed by atoms with E-state index < -0.39 is 5.54 Å². The van der Waals surface area contributed by atoms with Crippen molar-refractivity contribution in [3.05, 3.63) is 23.9 Å². The number of likely N-dealkylation sites (tertiary alicyclic amines) is 1. The molecule has 2 saturated carbocycles. The number of imide groups is 1. The van der Waals surface area contributed by atoms with E-state index in [2.05, 4.69) is 27.6 Å². The number of carbonyl (C=O) groups excluding carboxylic acids is 3. The molecule has 0 unspecified atom stereocenters. The maximum absolute atomic E-state index is 12.9. The molecular weight excluding hydrogens is 360 g/mol. The third kappa shape index (κ3) is 2.53. The number of allylic oxidation sites excluding steroid dienone is 2. The highest BCUT2D eigenvalue weighted by Gasteiger charge is 2.59. The van der Waals surface area contributed by atoms with Gasteiger partial charge in [0.05, 0.1) is 11.8 Å². The van der Waals surface area contributed by atoms with E-state index in [0.29, 0.717) is 11.7 Å². The maximum Gasteiger partial charge on any atom is 0.240 e. The molecule has 28 heavy (non-hydrogen) atoms. The van der Waals surface area contributed by atoms with E-state index in [4.69, 9.17) is 4.52 Å². The van der Waals surface area contributed by atoms with Gasteiger partial charge in [0.25, 0.3) is 0 Å². The lowest BCUT2D eigenvalue weighted by Crippen LogP contribution is -2.52. The highest BCUT2D eigenvalue weighted by molar-refractivity contribution is 6.08. The minimum atomic E-state index is -0.685. The summed E-state index contributed by atoms with van der Waals surface area (Å²) in [4.78, 5) is 44.0. The van der Waals surface area contributed by atoms with Crippen molar-refractivity contribution in [2.75, 3.05) is 6.54 Å². The second kappa shape index (κ2) is 6.25. The average Bonchev–Trinajstić information content (AvgIpc) is 3.44. The topological polar surface area (TPSA) is 105 Å². The SMILES string of the molecule is Cc1nc(C2(NC(=O)CN3C(=O)[C@@H]4[C@H](C3=O)[C@H]3C=C[C@H]4C3)CCCCC2)no1. The van der Waals surface area contributed by atoms with Gasteiger partial charge in [0.1, 0.15) is 12.1 Å². The van der Waals surface area contributed by atoms with Crippen LogP contribution in [0.15, 0.2) is 16.7 Å². The highest BCUT2D eigenvalue weighted by atomic mass is 16.5. The normalized spacial score (nSPS) is 32.8. The summed E-state index contributed by atoms with van der Waals surface area (Å²) < 4.78 is 5.13. The van der Waals surface area contributed by atoms with Gasteiger partial charge in [-0.1, -0.05) is 36.6 Å². The van der Waals surface area contributed by atoms with Gasteiger partial charge in [-0.3, -0.25) is 19.3 Å². The fraction of sp³-hybridized carbons (Fsp3) is 0.650. The van der Waals surface area contributed by atoms with Crippen LogP contribution in [0.3, 0.4) is 0 Å². The molecule has 8 heteroatoms. The Balaban J connectivity index is 1.33. The quantitative estimate of drug-likeness (QED) is 0.622. The van der Waals surface area contributed by atoms with E-state index in [9.17, 15) is 14.4 Å². The molecule has 0 radical (unpaired) electrons. The van der Waals surface area contributed by atoms with E-state index in [-0.39, 0.29) is 47.9 Å². The van der Waals surface area contributed by atoms with Crippen LogP contribution >= 0.6 is 0 Å². The van der Waals surface area contributed by atoms with Gasteiger partial charge in [0.2, 0.25) is 23.6 Å². The Hall–Kier alpha value is -2.51. The lowest BCUT2D eigenvalue weighted by Gasteiger charge is -2.35. The molecule has 0 spiro atoms. The first kappa shape index (κ1) is 17.6. The molecule has 1 N–H and O–H groups in total. The summed E-state index contributed by atoms with van der Waals surface area (Å²) in [5.41, 5.74) is -0.685. The van der Waals surface area contributed by atoms with Gasteiger partial charge in [-0.15, -0.1) is 0 Å². The number of fused-ring (bicyclic) bond motifs is 5. The van der Waals surface area contributed by atoms with E-state index >= 15 is 0 Å². The first-order valence-corrected chi connectivity index (χ1v) is 10.1. The second-order valence-corrected chi connectivity index (χ2v) is 8.59. The number of rotatable bonds is 4. The van der Waals surface area contributed by atoms with Crippen molar-refractivity contribution in [1.82, 2.24) is 20.4 Å². The zero-order valence-electron chi connectivity index (χ0n) is 15.9. The summed E-state index contributed by atoms with van der Waals surface area (Å²) in [6, 6.07) is 0. The molecule has 1 saturated heterocycles. The largest absolute Gasteiger partial charge is 0.342 e. The van der Waals surface area contributed by atoms with E-state index in [1.807, 2.05) is 0 Å². The van der Waals surface area contributed by atoms with Crippen LogP contribution in [0.4, 0.5) is 0 Å². The summed E-state index contributed by atoms with van der Waals surface area (Å²) in [5.74, 6) is -0.0710. The smallest absolute Gasteiger partial charge is 0.240 e. The molecule has 1 aromatic rings. The van der Waals surface area contributed by atoms with Crippen molar-refractivity contribution in [2.45, 2.75) is 51.0 Å². The average molecular weight is 384 g/mol. The summed E-state index contributed by atoms with van der Waals surface area (Å²) >= 11 is 0. The van der Waals surface area contributed by atoms with Gasteiger partial charge < -0.3 is 9.84 Å². The Morgan fingerprint density at radius 2 is 1.82 bits per heavy atom. The van der Waals surface area contributed by atoms with E-state index in [1.54, 1.807) is 6.92 Å². The maximum atomic E-state index is 12.9. The molecular formula is C20H24N4O4. The molecule has 2 heterocycles. The number of nitrogens with one attached hydrogen (secondary N) is 1. The third-order valence-electron chi connectivity index (χ3n) is 6.90. The number of hydrogen-bond acceptors (Lipinski definition) is 6. The van der Waals surface area contributed by atoms with Crippen molar-refractivity contribution in [3.8, 4) is 0 Å².